The summed E-state index contributed by atoms with van der Waals surface area (Å²) in [6, 6.07) is 13.6. The Hall–Kier alpha value is -2.82. The van der Waals surface area contributed by atoms with Crippen molar-refractivity contribution in [3.63, 3.8) is 0 Å². The Labute approximate surface area is 141 Å². The fraction of sp³-hybridized carbons (Fsp3) is 0.263. The number of carbonyl (C=O) groups excluding carboxylic acids is 2. The van der Waals surface area contributed by atoms with Crippen LogP contribution in [0.2, 0.25) is 0 Å². The molecule has 0 aliphatic carbocycles. The third-order valence-corrected chi connectivity index (χ3v) is 3.89. The summed E-state index contributed by atoms with van der Waals surface area (Å²) >= 11 is 0. The van der Waals surface area contributed by atoms with E-state index in [1.54, 1.807) is 18.2 Å². The molecule has 0 bridgehead atoms. The van der Waals surface area contributed by atoms with E-state index in [0.29, 0.717) is 23.5 Å². The Kier molecular flexibility index (Phi) is 4.79. The Morgan fingerprint density at radius 2 is 2.00 bits per heavy atom. The molecule has 2 aromatic carbocycles. The molecule has 2 amide bonds. The molecule has 0 radical (unpaired) electrons. The van der Waals surface area contributed by atoms with Gasteiger partial charge in [-0.05, 0) is 37.5 Å². The lowest BCUT2D eigenvalue weighted by molar-refractivity contribution is -0.118. The number of carbonyl (C=O) groups is 2. The molecule has 0 fully saturated rings. The molecular weight excluding hydrogens is 304 g/mol. The lowest BCUT2D eigenvalue weighted by Gasteiger charge is -2.18. The molecule has 24 heavy (non-hydrogen) atoms. The third kappa shape index (κ3) is 4.13. The normalized spacial score (nSPS) is 12.8. The number of ether oxygens (including phenoxy) is 1. The summed E-state index contributed by atoms with van der Waals surface area (Å²) in [6.45, 7) is 2.06. The second-order valence-electron chi connectivity index (χ2n) is 5.94. The standard InChI is InChI=1S/C19H20N2O3/c1-13-5-7-14(8-6-13)3-2-4-18(22)20-15-9-10-16-17(11-15)24-12-19(23)21-16/h5-11H,2-4,12H2,1H3,(H,20,22)(H,21,23). The maximum Gasteiger partial charge on any atom is 0.262 e. The summed E-state index contributed by atoms with van der Waals surface area (Å²) in [4.78, 5) is 23.3. The van der Waals surface area contributed by atoms with Gasteiger partial charge in [-0.25, -0.2) is 0 Å². The molecule has 5 heteroatoms. The molecule has 0 spiro atoms. The topological polar surface area (TPSA) is 67.4 Å². The van der Waals surface area contributed by atoms with Gasteiger partial charge in [-0.15, -0.1) is 0 Å². The number of nitrogens with one attached hydrogen (secondary N) is 2. The summed E-state index contributed by atoms with van der Waals surface area (Å²) in [5.74, 6) is 0.379. The quantitative estimate of drug-likeness (QED) is 0.887. The number of amides is 2. The van der Waals surface area contributed by atoms with Crippen molar-refractivity contribution < 1.29 is 14.3 Å². The van der Waals surface area contributed by atoms with Crippen LogP contribution in [0.4, 0.5) is 11.4 Å². The highest BCUT2D eigenvalue weighted by Crippen LogP contribution is 2.30. The molecule has 2 N–H and O–H groups in total. The SMILES string of the molecule is Cc1ccc(CCCC(=O)Nc2ccc3c(c2)OCC(=O)N3)cc1. The molecule has 5 nitrogen and oxygen atoms in total. The average Bonchev–Trinajstić information content (AvgIpc) is 2.57. The molecule has 2 aromatic rings. The number of anilines is 2. The van der Waals surface area contributed by atoms with Crippen molar-refractivity contribution in [2.45, 2.75) is 26.2 Å². The van der Waals surface area contributed by atoms with Crippen LogP contribution in [-0.2, 0) is 16.0 Å². The van der Waals surface area contributed by atoms with Gasteiger partial charge in [-0.1, -0.05) is 29.8 Å². The van der Waals surface area contributed by atoms with Crippen molar-refractivity contribution >= 4 is 23.2 Å². The number of hydrogen-bond acceptors (Lipinski definition) is 3. The highest BCUT2D eigenvalue weighted by atomic mass is 16.5. The second-order valence-corrected chi connectivity index (χ2v) is 5.94. The minimum Gasteiger partial charge on any atom is -0.482 e. The molecule has 0 unspecified atom stereocenters. The van der Waals surface area contributed by atoms with Gasteiger partial charge in [0, 0.05) is 18.2 Å². The first-order valence-electron chi connectivity index (χ1n) is 8.02. The van der Waals surface area contributed by atoms with Crippen molar-refractivity contribution in [1.29, 1.82) is 0 Å². The van der Waals surface area contributed by atoms with E-state index in [-0.39, 0.29) is 18.4 Å². The third-order valence-electron chi connectivity index (χ3n) is 3.89. The maximum absolute atomic E-state index is 12.1. The van der Waals surface area contributed by atoms with Gasteiger partial charge in [0.05, 0.1) is 5.69 Å². The molecule has 1 aliphatic rings. The molecule has 1 heterocycles. The smallest absolute Gasteiger partial charge is 0.262 e. The van der Waals surface area contributed by atoms with Crippen LogP contribution < -0.4 is 15.4 Å². The Morgan fingerprint density at radius 3 is 2.79 bits per heavy atom. The van der Waals surface area contributed by atoms with Gasteiger partial charge in [-0.2, -0.15) is 0 Å². The molecule has 0 saturated heterocycles. The first-order chi connectivity index (χ1) is 11.6. The minimum atomic E-state index is -0.171. The minimum absolute atomic E-state index is 0.000942. The van der Waals surface area contributed by atoms with E-state index in [1.165, 1.54) is 11.1 Å². The number of rotatable bonds is 5. The van der Waals surface area contributed by atoms with Crippen molar-refractivity contribution in [2.75, 3.05) is 17.2 Å². The van der Waals surface area contributed by atoms with Gasteiger partial charge < -0.3 is 15.4 Å². The number of fused-ring (bicyclic) bond motifs is 1. The van der Waals surface area contributed by atoms with E-state index in [0.717, 1.165) is 12.8 Å². The first-order valence-corrected chi connectivity index (χ1v) is 8.02. The van der Waals surface area contributed by atoms with E-state index in [9.17, 15) is 9.59 Å². The fourth-order valence-electron chi connectivity index (χ4n) is 2.58. The van der Waals surface area contributed by atoms with Crippen LogP contribution in [0, 0.1) is 6.92 Å². The van der Waals surface area contributed by atoms with Gasteiger partial charge in [0.1, 0.15) is 5.75 Å². The van der Waals surface area contributed by atoms with Crippen LogP contribution in [0.15, 0.2) is 42.5 Å². The van der Waals surface area contributed by atoms with Crippen LogP contribution in [0.1, 0.15) is 24.0 Å². The molecule has 124 valence electrons. The summed E-state index contributed by atoms with van der Waals surface area (Å²) in [5, 5.41) is 5.59. The van der Waals surface area contributed by atoms with Crippen LogP contribution in [0.25, 0.3) is 0 Å². The van der Waals surface area contributed by atoms with E-state index in [2.05, 4.69) is 41.8 Å². The van der Waals surface area contributed by atoms with E-state index in [1.807, 2.05) is 0 Å². The predicted octanol–water partition coefficient (Wildman–Crippen LogP) is 3.29. The van der Waals surface area contributed by atoms with Crippen molar-refractivity contribution in [3.05, 3.63) is 53.6 Å². The van der Waals surface area contributed by atoms with Crippen LogP contribution in [-0.4, -0.2) is 18.4 Å². The van der Waals surface area contributed by atoms with Crippen LogP contribution >= 0.6 is 0 Å². The van der Waals surface area contributed by atoms with Crippen molar-refractivity contribution in [2.24, 2.45) is 0 Å². The molecule has 1 aliphatic heterocycles. The average molecular weight is 324 g/mol. The van der Waals surface area contributed by atoms with Crippen molar-refractivity contribution in [3.8, 4) is 5.75 Å². The molecule has 0 aromatic heterocycles. The monoisotopic (exact) mass is 324 g/mol. The highest BCUT2D eigenvalue weighted by molar-refractivity contribution is 5.97. The summed E-state index contributed by atoms with van der Waals surface area (Å²) in [6.07, 6.45) is 2.14. The predicted molar refractivity (Wildman–Crippen MR) is 93.3 cm³/mol. The van der Waals surface area contributed by atoms with Gasteiger partial charge in [0.25, 0.3) is 5.91 Å². The van der Waals surface area contributed by atoms with Gasteiger partial charge in [0.15, 0.2) is 6.61 Å². The lowest BCUT2D eigenvalue weighted by atomic mass is 10.1. The van der Waals surface area contributed by atoms with E-state index < -0.39 is 0 Å². The molecule has 0 saturated carbocycles. The number of hydrogen-bond donors (Lipinski definition) is 2. The van der Waals surface area contributed by atoms with Gasteiger partial charge >= 0.3 is 0 Å². The molecular formula is C19H20N2O3. The Morgan fingerprint density at radius 1 is 1.21 bits per heavy atom. The zero-order valence-corrected chi connectivity index (χ0v) is 13.6. The maximum atomic E-state index is 12.1. The largest absolute Gasteiger partial charge is 0.482 e. The summed E-state index contributed by atoms with van der Waals surface area (Å²) in [5.41, 5.74) is 3.78. The Balaban J connectivity index is 1.50. The first kappa shape index (κ1) is 16.1. The molecule has 3 rings (SSSR count). The number of benzene rings is 2. The number of aryl methyl sites for hydroxylation is 2. The van der Waals surface area contributed by atoms with Gasteiger partial charge in [-0.3, -0.25) is 9.59 Å². The fourth-order valence-corrected chi connectivity index (χ4v) is 2.58. The second kappa shape index (κ2) is 7.17. The van der Waals surface area contributed by atoms with E-state index >= 15 is 0 Å². The Bertz CT molecular complexity index is 754. The molecule has 0 atom stereocenters. The lowest BCUT2D eigenvalue weighted by Crippen LogP contribution is -2.25. The summed E-state index contributed by atoms with van der Waals surface area (Å²) in [7, 11) is 0. The zero-order chi connectivity index (χ0) is 16.9. The van der Waals surface area contributed by atoms with Gasteiger partial charge in [0.2, 0.25) is 5.91 Å². The zero-order valence-electron chi connectivity index (χ0n) is 13.6. The van der Waals surface area contributed by atoms with Crippen molar-refractivity contribution in [1.82, 2.24) is 0 Å². The highest BCUT2D eigenvalue weighted by Gasteiger charge is 2.16. The van der Waals surface area contributed by atoms with E-state index in [4.69, 9.17) is 4.74 Å². The van der Waals surface area contributed by atoms with Crippen LogP contribution in [0.5, 0.6) is 5.75 Å². The summed E-state index contributed by atoms with van der Waals surface area (Å²) < 4.78 is 5.34. The van der Waals surface area contributed by atoms with Crippen LogP contribution in [0.3, 0.4) is 0 Å².